The predicted molar refractivity (Wildman–Crippen MR) is 109 cm³/mol. The molecule has 0 radical (unpaired) electrons. The van der Waals surface area contributed by atoms with Gasteiger partial charge in [-0.15, -0.1) is 0 Å². The number of carboxylic acid groups (broad SMARTS) is 1. The van der Waals surface area contributed by atoms with Gasteiger partial charge in [0.15, 0.2) is 6.61 Å². The molecule has 0 aliphatic rings. The molecule has 9 nitrogen and oxygen atoms in total. The summed E-state index contributed by atoms with van der Waals surface area (Å²) in [4.78, 5) is 46.9. The van der Waals surface area contributed by atoms with Crippen LogP contribution in [0.15, 0.2) is 27.4 Å². The summed E-state index contributed by atoms with van der Waals surface area (Å²) in [5.41, 5.74) is 1.27. The highest BCUT2D eigenvalue weighted by atomic mass is 16.5. The van der Waals surface area contributed by atoms with Crippen LogP contribution >= 0.6 is 0 Å². The van der Waals surface area contributed by atoms with Gasteiger partial charge in [-0.1, -0.05) is 20.3 Å². The van der Waals surface area contributed by atoms with Gasteiger partial charge in [0.05, 0.1) is 6.54 Å². The minimum absolute atomic E-state index is 0.245. The summed E-state index contributed by atoms with van der Waals surface area (Å²) in [6.45, 7) is 6.33. The number of aryl methyl sites for hydroxylation is 1. The van der Waals surface area contributed by atoms with Gasteiger partial charge in [0.1, 0.15) is 17.4 Å². The second-order valence-electron chi connectivity index (χ2n) is 7.13. The van der Waals surface area contributed by atoms with Crippen molar-refractivity contribution in [3.8, 4) is 5.75 Å². The standard InChI is InChI=1S/C21H26N2O7/c1-5-11(2)19(20(26)27)23-17(24)9-22-18(25)10-29-14-6-7-15-12(3)13(4)21(28)30-16(15)8-14/h6-8,11,19H,5,9-10H2,1-4H3,(H,22,25)(H,23,24)(H,26,27)/t11-,19-/m0/s1. The van der Waals surface area contributed by atoms with E-state index in [-0.39, 0.29) is 19.1 Å². The Balaban J connectivity index is 1.90. The van der Waals surface area contributed by atoms with Gasteiger partial charge in [0, 0.05) is 17.0 Å². The third-order valence-corrected chi connectivity index (χ3v) is 5.04. The van der Waals surface area contributed by atoms with Crippen LogP contribution in [0.1, 0.15) is 31.4 Å². The summed E-state index contributed by atoms with van der Waals surface area (Å²) in [5.74, 6) is -2.19. The van der Waals surface area contributed by atoms with Crippen molar-refractivity contribution in [3.63, 3.8) is 0 Å². The normalized spacial score (nSPS) is 12.8. The molecule has 0 saturated carbocycles. The molecular weight excluding hydrogens is 392 g/mol. The quantitative estimate of drug-likeness (QED) is 0.526. The molecule has 0 aliphatic heterocycles. The van der Waals surface area contributed by atoms with Gasteiger partial charge in [0.25, 0.3) is 5.91 Å². The molecule has 0 bridgehead atoms. The van der Waals surface area contributed by atoms with Crippen molar-refractivity contribution in [1.29, 1.82) is 0 Å². The van der Waals surface area contributed by atoms with Crippen molar-refractivity contribution in [1.82, 2.24) is 10.6 Å². The number of benzene rings is 1. The third kappa shape index (κ3) is 5.59. The Morgan fingerprint density at radius 2 is 1.87 bits per heavy atom. The molecule has 1 aromatic heterocycles. The van der Waals surface area contributed by atoms with Crippen LogP contribution in [0.3, 0.4) is 0 Å². The predicted octanol–water partition coefficient (Wildman–Crippen LogP) is 1.52. The molecule has 3 N–H and O–H groups in total. The maximum atomic E-state index is 11.9. The van der Waals surface area contributed by atoms with E-state index >= 15 is 0 Å². The van der Waals surface area contributed by atoms with Crippen molar-refractivity contribution >= 4 is 28.8 Å². The lowest BCUT2D eigenvalue weighted by atomic mass is 9.99. The maximum absolute atomic E-state index is 11.9. The molecule has 0 spiro atoms. The van der Waals surface area contributed by atoms with Crippen LogP contribution in [0.4, 0.5) is 0 Å². The van der Waals surface area contributed by atoms with Crippen molar-refractivity contribution in [2.45, 2.75) is 40.2 Å². The molecule has 30 heavy (non-hydrogen) atoms. The number of carboxylic acids is 1. The number of carbonyl (C=O) groups is 3. The monoisotopic (exact) mass is 418 g/mol. The number of rotatable bonds is 9. The smallest absolute Gasteiger partial charge is 0.339 e. The molecule has 2 aromatic rings. The molecule has 2 amide bonds. The topological polar surface area (TPSA) is 135 Å². The first-order valence-corrected chi connectivity index (χ1v) is 9.59. The van der Waals surface area contributed by atoms with Gasteiger partial charge in [-0.3, -0.25) is 9.59 Å². The third-order valence-electron chi connectivity index (χ3n) is 5.04. The minimum atomic E-state index is -1.12. The summed E-state index contributed by atoms with van der Waals surface area (Å²) in [7, 11) is 0. The molecule has 162 valence electrons. The molecule has 0 aliphatic carbocycles. The van der Waals surface area contributed by atoms with E-state index < -0.39 is 29.5 Å². The summed E-state index contributed by atoms with van der Waals surface area (Å²) < 4.78 is 10.6. The second-order valence-corrected chi connectivity index (χ2v) is 7.13. The summed E-state index contributed by atoms with van der Waals surface area (Å²) >= 11 is 0. The Bertz CT molecular complexity index is 1010. The van der Waals surface area contributed by atoms with Crippen molar-refractivity contribution in [2.24, 2.45) is 5.92 Å². The number of amides is 2. The zero-order chi connectivity index (χ0) is 22.4. The highest BCUT2D eigenvalue weighted by Crippen LogP contribution is 2.23. The molecule has 9 heteroatoms. The van der Waals surface area contributed by atoms with Crippen LogP contribution in [0, 0.1) is 19.8 Å². The van der Waals surface area contributed by atoms with Crippen LogP contribution in [-0.2, 0) is 14.4 Å². The first-order valence-electron chi connectivity index (χ1n) is 9.59. The van der Waals surface area contributed by atoms with E-state index in [1.807, 2.05) is 13.8 Å². The SMILES string of the molecule is CC[C@H](C)[C@H](NC(=O)CNC(=O)COc1ccc2c(C)c(C)c(=O)oc2c1)C(=O)O. The molecule has 0 unspecified atom stereocenters. The average Bonchev–Trinajstić information content (AvgIpc) is 2.71. The van der Waals surface area contributed by atoms with Crippen LogP contribution in [-0.4, -0.2) is 42.1 Å². The first-order chi connectivity index (χ1) is 14.1. The van der Waals surface area contributed by atoms with Crippen molar-refractivity contribution in [3.05, 3.63) is 39.7 Å². The fourth-order valence-corrected chi connectivity index (χ4v) is 2.80. The average molecular weight is 418 g/mol. The Hall–Kier alpha value is -3.36. The lowest BCUT2D eigenvalue weighted by Crippen LogP contribution is -2.48. The lowest BCUT2D eigenvalue weighted by molar-refractivity contribution is -0.143. The number of fused-ring (bicyclic) bond motifs is 1. The van der Waals surface area contributed by atoms with E-state index in [4.69, 9.17) is 9.15 Å². The maximum Gasteiger partial charge on any atom is 0.339 e. The van der Waals surface area contributed by atoms with Gasteiger partial charge < -0.3 is 24.9 Å². The first kappa shape index (κ1) is 22.9. The largest absolute Gasteiger partial charge is 0.484 e. The Labute approximate surface area is 173 Å². The highest BCUT2D eigenvalue weighted by molar-refractivity contribution is 5.88. The molecule has 2 rings (SSSR count). The zero-order valence-corrected chi connectivity index (χ0v) is 17.4. The van der Waals surface area contributed by atoms with Gasteiger partial charge in [0.2, 0.25) is 5.91 Å². The number of hydrogen-bond donors (Lipinski definition) is 3. The van der Waals surface area contributed by atoms with Gasteiger partial charge in [-0.25, -0.2) is 9.59 Å². The molecule has 1 heterocycles. The molecule has 0 saturated heterocycles. The fourth-order valence-electron chi connectivity index (χ4n) is 2.80. The highest BCUT2D eigenvalue weighted by Gasteiger charge is 2.25. The van der Waals surface area contributed by atoms with E-state index in [1.54, 1.807) is 26.0 Å². The number of hydrogen-bond acceptors (Lipinski definition) is 6. The van der Waals surface area contributed by atoms with Crippen LogP contribution in [0.25, 0.3) is 11.0 Å². The molecule has 2 atom stereocenters. The van der Waals surface area contributed by atoms with Gasteiger partial charge in [-0.05, 0) is 37.5 Å². The van der Waals surface area contributed by atoms with Crippen LogP contribution in [0.5, 0.6) is 5.75 Å². The van der Waals surface area contributed by atoms with Crippen molar-refractivity contribution in [2.75, 3.05) is 13.2 Å². The van der Waals surface area contributed by atoms with Crippen LogP contribution < -0.4 is 21.0 Å². The Kier molecular flexibility index (Phi) is 7.57. The fraction of sp³-hybridized carbons (Fsp3) is 0.429. The number of carbonyl (C=O) groups excluding carboxylic acids is 2. The number of nitrogens with one attached hydrogen (secondary N) is 2. The van der Waals surface area contributed by atoms with E-state index in [9.17, 15) is 24.3 Å². The van der Waals surface area contributed by atoms with Crippen LogP contribution in [0.2, 0.25) is 0 Å². The Morgan fingerprint density at radius 3 is 2.50 bits per heavy atom. The van der Waals surface area contributed by atoms with E-state index in [0.717, 1.165) is 10.9 Å². The summed E-state index contributed by atoms with van der Waals surface area (Å²) in [6.07, 6.45) is 0.586. The second kappa shape index (κ2) is 9.91. The van der Waals surface area contributed by atoms with Gasteiger partial charge >= 0.3 is 11.6 Å². The molecular formula is C21H26N2O7. The lowest BCUT2D eigenvalue weighted by Gasteiger charge is -2.20. The van der Waals surface area contributed by atoms with Crippen molar-refractivity contribution < 1.29 is 28.6 Å². The number of ether oxygens (including phenoxy) is 1. The van der Waals surface area contributed by atoms with E-state index in [0.29, 0.717) is 23.3 Å². The minimum Gasteiger partial charge on any atom is -0.484 e. The van der Waals surface area contributed by atoms with Gasteiger partial charge in [-0.2, -0.15) is 0 Å². The number of aliphatic carboxylic acids is 1. The zero-order valence-electron chi connectivity index (χ0n) is 17.4. The van der Waals surface area contributed by atoms with E-state index in [1.165, 1.54) is 6.07 Å². The summed E-state index contributed by atoms with van der Waals surface area (Å²) in [5, 5.41) is 14.7. The molecule has 1 aromatic carbocycles. The Morgan fingerprint density at radius 1 is 1.17 bits per heavy atom. The summed E-state index contributed by atoms with van der Waals surface area (Å²) in [6, 6.07) is 3.89. The molecule has 0 fully saturated rings. The van der Waals surface area contributed by atoms with E-state index in [2.05, 4.69) is 10.6 Å².